The molecule has 0 aliphatic heterocycles. The van der Waals surface area contributed by atoms with Crippen molar-refractivity contribution in [3.63, 3.8) is 0 Å². The van der Waals surface area contributed by atoms with E-state index in [0.29, 0.717) is 12.3 Å². The number of carbonyl (C=O) groups is 1. The molecule has 27 heavy (non-hydrogen) atoms. The summed E-state index contributed by atoms with van der Waals surface area (Å²) < 4.78 is 13.9. The minimum atomic E-state index is -0.854. The van der Waals surface area contributed by atoms with Gasteiger partial charge in [-0.15, -0.1) is 0 Å². The van der Waals surface area contributed by atoms with Crippen molar-refractivity contribution in [2.24, 2.45) is 29.6 Å². The Labute approximate surface area is 161 Å². The zero-order chi connectivity index (χ0) is 19.4. The molecule has 0 amide bonds. The van der Waals surface area contributed by atoms with Gasteiger partial charge in [-0.1, -0.05) is 51.2 Å². The van der Waals surface area contributed by atoms with E-state index in [-0.39, 0.29) is 29.5 Å². The van der Waals surface area contributed by atoms with E-state index in [4.69, 9.17) is 0 Å². The summed E-state index contributed by atoms with van der Waals surface area (Å²) >= 11 is 0. The van der Waals surface area contributed by atoms with Gasteiger partial charge in [-0.25, -0.2) is 4.39 Å². The van der Waals surface area contributed by atoms with Gasteiger partial charge < -0.3 is 5.11 Å². The Hall–Kier alpha value is -1.89. The van der Waals surface area contributed by atoms with Gasteiger partial charge in [-0.3, -0.25) is 4.79 Å². The molecule has 1 N–H and O–H groups in total. The van der Waals surface area contributed by atoms with E-state index in [1.165, 1.54) is 37.8 Å². The first-order chi connectivity index (χ1) is 13.0. The van der Waals surface area contributed by atoms with Gasteiger partial charge in [0.15, 0.2) is 0 Å². The van der Waals surface area contributed by atoms with Gasteiger partial charge >= 0.3 is 5.97 Å². The highest BCUT2D eigenvalue weighted by Crippen LogP contribution is 2.54. The molecule has 0 spiro atoms. The zero-order valence-corrected chi connectivity index (χ0v) is 16.1. The van der Waals surface area contributed by atoms with E-state index in [2.05, 4.69) is 13.0 Å². The minimum absolute atomic E-state index is 0.161. The third kappa shape index (κ3) is 4.34. The third-order valence-electron chi connectivity index (χ3n) is 6.92. The van der Waals surface area contributed by atoms with Crippen molar-refractivity contribution >= 4 is 5.97 Å². The molecule has 0 radical (unpaired) electrons. The van der Waals surface area contributed by atoms with Crippen LogP contribution >= 0.6 is 0 Å². The molecule has 0 aromatic heterocycles. The molecule has 0 bridgehead atoms. The summed E-state index contributed by atoms with van der Waals surface area (Å²) in [6.45, 7) is 2.21. The van der Waals surface area contributed by atoms with Crippen LogP contribution < -0.4 is 0 Å². The van der Waals surface area contributed by atoms with Gasteiger partial charge in [0.05, 0.1) is 17.9 Å². The SMILES string of the molecule is CCCCCC1CCC2C(C1)C(C#N)CC(C(=O)O)C2c1cccc(F)c1. The molecule has 146 valence electrons. The number of aliphatic carboxylic acids is 1. The Bertz CT molecular complexity index is 698. The number of rotatable bonds is 6. The highest BCUT2D eigenvalue weighted by atomic mass is 19.1. The summed E-state index contributed by atoms with van der Waals surface area (Å²) in [6, 6.07) is 8.86. The lowest BCUT2D eigenvalue weighted by atomic mass is 9.54. The first kappa shape index (κ1) is 19.9. The highest BCUT2D eigenvalue weighted by Gasteiger charge is 2.49. The van der Waals surface area contributed by atoms with Crippen LogP contribution in [0.5, 0.6) is 0 Å². The van der Waals surface area contributed by atoms with Gasteiger partial charge in [0.2, 0.25) is 0 Å². The molecule has 1 aromatic rings. The summed E-state index contributed by atoms with van der Waals surface area (Å²) in [5.74, 6) is -1.12. The molecule has 0 heterocycles. The van der Waals surface area contributed by atoms with E-state index < -0.39 is 11.9 Å². The summed E-state index contributed by atoms with van der Waals surface area (Å²) in [4.78, 5) is 12.0. The smallest absolute Gasteiger partial charge is 0.307 e. The number of unbranched alkanes of at least 4 members (excludes halogenated alkanes) is 2. The molecule has 2 fully saturated rings. The van der Waals surface area contributed by atoms with Crippen LogP contribution in [-0.2, 0) is 4.79 Å². The van der Waals surface area contributed by atoms with Crippen molar-refractivity contribution in [1.29, 1.82) is 5.26 Å². The summed E-state index contributed by atoms with van der Waals surface area (Å²) in [7, 11) is 0. The second-order valence-corrected chi connectivity index (χ2v) is 8.50. The lowest BCUT2D eigenvalue weighted by molar-refractivity contribution is -0.146. The minimum Gasteiger partial charge on any atom is -0.481 e. The Balaban J connectivity index is 1.86. The summed E-state index contributed by atoms with van der Waals surface area (Å²) in [5.41, 5.74) is 0.790. The first-order valence-corrected chi connectivity index (χ1v) is 10.4. The van der Waals surface area contributed by atoms with Crippen LogP contribution in [0, 0.1) is 46.7 Å². The van der Waals surface area contributed by atoms with E-state index in [1.54, 1.807) is 6.07 Å². The number of hydrogen-bond acceptors (Lipinski definition) is 2. The Morgan fingerprint density at radius 1 is 1.26 bits per heavy atom. The van der Waals surface area contributed by atoms with Crippen molar-refractivity contribution in [2.45, 2.75) is 64.2 Å². The maximum Gasteiger partial charge on any atom is 0.307 e. The Morgan fingerprint density at radius 3 is 2.74 bits per heavy atom. The molecule has 1 aromatic carbocycles. The molecule has 3 rings (SSSR count). The van der Waals surface area contributed by atoms with E-state index in [9.17, 15) is 19.6 Å². The largest absolute Gasteiger partial charge is 0.481 e. The van der Waals surface area contributed by atoms with Crippen molar-refractivity contribution in [1.82, 2.24) is 0 Å². The predicted octanol–water partition coefficient (Wildman–Crippen LogP) is 5.77. The maximum absolute atomic E-state index is 13.9. The van der Waals surface area contributed by atoms with Gasteiger partial charge in [0.1, 0.15) is 5.82 Å². The summed E-state index contributed by atoms with van der Waals surface area (Å²) in [5, 5.41) is 19.6. The fraction of sp³-hybridized carbons (Fsp3) is 0.652. The number of benzene rings is 1. The molecular formula is C23H30FNO2. The molecule has 2 aliphatic rings. The van der Waals surface area contributed by atoms with Crippen LogP contribution in [0.2, 0.25) is 0 Å². The molecule has 6 atom stereocenters. The van der Waals surface area contributed by atoms with Gasteiger partial charge in [-0.05, 0) is 54.7 Å². The second-order valence-electron chi connectivity index (χ2n) is 8.50. The van der Waals surface area contributed by atoms with E-state index >= 15 is 0 Å². The topological polar surface area (TPSA) is 61.1 Å². The van der Waals surface area contributed by atoms with Crippen molar-refractivity contribution in [3.8, 4) is 6.07 Å². The lowest BCUT2D eigenvalue weighted by Gasteiger charge is -2.48. The number of nitriles is 1. The highest BCUT2D eigenvalue weighted by molar-refractivity contribution is 5.72. The number of carboxylic acid groups (broad SMARTS) is 1. The van der Waals surface area contributed by atoms with Gasteiger partial charge in [-0.2, -0.15) is 5.26 Å². The Kier molecular flexibility index (Phi) is 6.52. The fourth-order valence-electron chi connectivity index (χ4n) is 5.66. The number of fused-ring (bicyclic) bond motifs is 1. The van der Waals surface area contributed by atoms with Crippen molar-refractivity contribution in [2.75, 3.05) is 0 Å². The molecule has 2 aliphatic carbocycles. The van der Waals surface area contributed by atoms with Crippen LogP contribution in [0.25, 0.3) is 0 Å². The normalized spacial score (nSPS) is 33.1. The number of nitrogens with zero attached hydrogens (tertiary/aromatic N) is 1. The number of hydrogen-bond donors (Lipinski definition) is 1. The molecule has 3 nitrogen and oxygen atoms in total. The monoisotopic (exact) mass is 371 g/mol. The molecular weight excluding hydrogens is 341 g/mol. The van der Waals surface area contributed by atoms with Crippen LogP contribution in [0.15, 0.2) is 24.3 Å². The number of carboxylic acids is 1. The van der Waals surface area contributed by atoms with Crippen molar-refractivity contribution < 1.29 is 14.3 Å². The Morgan fingerprint density at radius 2 is 2.07 bits per heavy atom. The quantitative estimate of drug-likeness (QED) is 0.646. The molecule has 2 saturated carbocycles. The summed E-state index contributed by atoms with van der Waals surface area (Å²) in [6.07, 6.45) is 8.36. The standard InChI is InChI=1S/C23H30FNO2/c1-2-3-4-6-15-9-10-19-20(11-15)17(14-25)13-21(23(26)27)22(19)16-7-5-8-18(24)12-16/h5,7-8,12,15,17,19-22H,2-4,6,9-11,13H2,1H3,(H,26,27). The molecule has 4 heteroatoms. The van der Waals surface area contributed by atoms with Crippen molar-refractivity contribution in [3.05, 3.63) is 35.6 Å². The predicted molar refractivity (Wildman–Crippen MR) is 102 cm³/mol. The van der Waals surface area contributed by atoms with Crippen LogP contribution in [-0.4, -0.2) is 11.1 Å². The maximum atomic E-state index is 13.9. The average molecular weight is 371 g/mol. The third-order valence-corrected chi connectivity index (χ3v) is 6.92. The van der Waals surface area contributed by atoms with Crippen LogP contribution in [0.3, 0.4) is 0 Å². The van der Waals surface area contributed by atoms with Gasteiger partial charge in [0, 0.05) is 5.92 Å². The molecule has 0 saturated heterocycles. The zero-order valence-electron chi connectivity index (χ0n) is 16.1. The van der Waals surface area contributed by atoms with E-state index in [1.807, 2.05) is 6.07 Å². The number of halogens is 1. The van der Waals surface area contributed by atoms with Gasteiger partial charge in [0.25, 0.3) is 0 Å². The fourth-order valence-corrected chi connectivity index (χ4v) is 5.66. The first-order valence-electron chi connectivity index (χ1n) is 10.4. The van der Waals surface area contributed by atoms with Crippen LogP contribution in [0.4, 0.5) is 4.39 Å². The van der Waals surface area contributed by atoms with Crippen LogP contribution in [0.1, 0.15) is 69.8 Å². The lowest BCUT2D eigenvalue weighted by Crippen LogP contribution is -2.44. The molecule has 6 unspecified atom stereocenters. The average Bonchev–Trinajstić information content (AvgIpc) is 2.66. The van der Waals surface area contributed by atoms with E-state index in [0.717, 1.165) is 24.8 Å². The second kappa shape index (κ2) is 8.87.